The molecule has 1 aliphatic rings. The summed E-state index contributed by atoms with van der Waals surface area (Å²) in [5.41, 5.74) is 2.71. The largest absolute Gasteiger partial charge is 0.497 e. The number of ether oxygens (including phenoxy) is 1. The minimum Gasteiger partial charge on any atom is -0.497 e. The Labute approximate surface area is 170 Å². The van der Waals surface area contributed by atoms with Crippen molar-refractivity contribution in [2.24, 2.45) is 5.92 Å². The number of anilines is 1. The van der Waals surface area contributed by atoms with Gasteiger partial charge in [0.05, 0.1) is 18.4 Å². The van der Waals surface area contributed by atoms with Crippen molar-refractivity contribution in [3.8, 4) is 5.75 Å². The number of amides is 1. The van der Waals surface area contributed by atoms with Gasteiger partial charge in [-0.1, -0.05) is 12.1 Å². The quantitative estimate of drug-likeness (QED) is 0.715. The maximum atomic E-state index is 12.8. The SMILES string of the molecule is COc1ccc(CNC(=O)C2CCCN(c3ncnc4oc(C)c(C)c34)C2)cc1. The molecular formula is C22H26N4O3. The average Bonchev–Trinajstić information content (AvgIpc) is 3.06. The Bertz CT molecular complexity index is 1010. The van der Waals surface area contributed by atoms with E-state index < -0.39 is 0 Å². The number of methoxy groups -OCH3 is 1. The Hall–Kier alpha value is -3.09. The second-order valence-corrected chi connectivity index (χ2v) is 7.51. The lowest BCUT2D eigenvalue weighted by Crippen LogP contribution is -2.43. The van der Waals surface area contributed by atoms with E-state index in [-0.39, 0.29) is 11.8 Å². The molecule has 2 aromatic heterocycles. The number of hydrogen-bond acceptors (Lipinski definition) is 6. The third-order valence-electron chi connectivity index (χ3n) is 5.66. The van der Waals surface area contributed by atoms with Crippen LogP contribution in [0, 0.1) is 19.8 Å². The zero-order valence-electron chi connectivity index (χ0n) is 17.1. The average molecular weight is 394 g/mol. The number of nitrogens with zero attached hydrogens (tertiary/aromatic N) is 3. The fraction of sp³-hybridized carbons (Fsp3) is 0.409. The summed E-state index contributed by atoms with van der Waals surface area (Å²) in [7, 11) is 1.64. The van der Waals surface area contributed by atoms with Gasteiger partial charge in [-0.2, -0.15) is 0 Å². The summed E-state index contributed by atoms with van der Waals surface area (Å²) >= 11 is 0. The van der Waals surface area contributed by atoms with E-state index in [4.69, 9.17) is 9.15 Å². The molecule has 7 nitrogen and oxygen atoms in total. The molecule has 0 aliphatic carbocycles. The van der Waals surface area contributed by atoms with Gasteiger partial charge in [0, 0.05) is 25.2 Å². The first kappa shape index (κ1) is 19.2. The molecule has 1 atom stereocenters. The van der Waals surface area contributed by atoms with Crippen LogP contribution in [0.2, 0.25) is 0 Å². The molecule has 1 saturated heterocycles. The molecule has 1 amide bonds. The molecule has 1 fully saturated rings. The normalized spacial score (nSPS) is 16.8. The predicted octanol–water partition coefficient (Wildman–Crippen LogP) is 3.38. The fourth-order valence-electron chi connectivity index (χ4n) is 3.86. The molecule has 1 unspecified atom stereocenters. The number of hydrogen-bond donors (Lipinski definition) is 1. The van der Waals surface area contributed by atoms with E-state index in [1.54, 1.807) is 7.11 Å². The van der Waals surface area contributed by atoms with Crippen LogP contribution in [0.5, 0.6) is 5.75 Å². The van der Waals surface area contributed by atoms with Crippen molar-refractivity contribution in [2.75, 3.05) is 25.1 Å². The predicted molar refractivity (Wildman–Crippen MR) is 111 cm³/mol. The van der Waals surface area contributed by atoms with E-state index in [9.17, 15) is 4.79 Å². The lowest BCUT2D eigenvalue weighted by atomic mass is 9.96. The zero-order chi connectivity index (χ0) is 20.4. The summed E-state index contributed by atoms with van der Waals surface area (Å²) < 4.78 is 10.9. The van der Waals surface area contributed by atoms with Crippen molar-refractivity contribution < 1.29 is 13.9 Å². The molecule has 29 heavy (non-hydrogen) atoms. The molecule has 152 valence electrons. The van der Waals surface area contributed by atoms with Gasteiger partial charge in [-0.05, 0) is 44.4 Å². The van der Waals surface area contributed by atoms with E-state index in [0.29, 0.717) is 18.8 Å². The Morgan fingerprint density at radius 3 is 2.83 bits per heavy atom. The summed E-state index contributed by atoms with van der Waals surface area (Å²) in [6.45, 7) is 5.99. The van der Waals surface area contributed by atoms with E-state index in [0.717, 1.165) is 53.2 Å². The number of nitrogens with one attached hydrogen (secondary N) is 1. The first-order valence-electron chi connectivity index (χ1n) is 9.93. The summed E-state index contributed by atoms with van der Waals surface area (Å²) in [6, 6.07) is 7.74. The van der Waals surface area contributed by atoms with Gasteiger partial charge in [0.1, 0.15) is 23.7 Å². The number of piperidine rings is 1. The van der Waals surface area contributed by atoms with Crippen LogP contribution >= 0.6 is 0 Å². The molecular weight excluding hydrogens is 368 g/mol. The number of carbonyl (C=O) groups is 1. The van der Waals surface area contributed by atoms with Crippen LogP contribution in [0.15, 0.2) is 35.0 Å². The summed E-state index contributed by atoms with van der Waals surface area (Å²) in [5.74, 6) is 2.53. The van der Waals surface area contributed by atoms with E-state index >= 15 is 0 Å². The van der Waals surface area contributed by atoms with Gasteiger partial charge in [-0.25, -0.2) is 9.97 Å². The molecule has 0 radical (unpaired) electrons. The summed E-state index contributed by atoms with van der Waals surface area (Å²) in [5, 5.41) is 4.02. The van der Waals surface area contributed by atoms with Gasteiger partial charge in [0.2, 0.25) is 11.6 Å². The fourth-order valence-corrected chi connectivity index (χ4v) is 3.86. The summed E-state index contributed by atoms with van der Waals surface area (Å²) in [6.07, 6.45) is 3.36. The molecule has 0 spiro atoms. The Morgan fingerprint density at radius 2 is 2.07 bits per heavy atom. The maximum Gasteiger partial charge on any atom is 0.231 e. The number of benzene rings is 1. The van der Waals surface area contributed by atoms with Crippen LogP contribution in [0.3, 0.4) is 0 Å². The van der Waals surface area contributed by atoms with Crippen LogP contribution in [0.4, 0.5) is 5.82 Å². The second kappa shape index (κ2) is 8.11. The topological polar surface area (TPSA) is 80.5 Å². The lowest BCUT2D eigenvalue weighted by molar-refractivity contribution is -0.125. The lowest BCUT2D eigenvalue weighted by Gasteiger charge is -2.33. The highest BCUT2D eigenvalue weighted by molar-refractivity contribution is 5.90. The van der Waals surface area contributed by atoms with Crippen molar-refractivity contribution in [1.82, 2.24) is 15.3 Å². The van der Waals surface area contributed by atoms with Crippen LogP contribution in [0.25, 0.3) is 11.1 Å². The minimum atomic E-state index is -0.0692. The molecule has 1 aromatic carbocycles. The third kappa shape index (κ3) is 3.90. The first-order valence-corrected chi connectivity index (χ1v) is 9.93. The van der Waals surface area contributed by atoms with E-state index in [1.807, 2.05) is 38.1 Å². The van der Waals surface area contributed by atoms with Crippen molar-refractivity contribution >= 4 is 22.8 Å². The Kier molecular flexibility index (Phi) is 5.38. The van der Waals surface area contributed by atoms with Crippen molar-refractivity contribution in [1.29, 1.82) is 0 Å². The minimum absolute atomic E-state index is 0.0692. The molecule has 1 aliphatic heterocycles. The van der Waals surface area contributed by atoms with Crippen molar-refractivity contribution in [2.45, 2.75) is 33.2 Å². The standard InChI is InChI=1S/C22H26N4O3/c1-14-15(2)29-22-19(14)20(24-13-25-22)26-10-4-5-17(12-26)21(27)23-11-16-6-8-18(28-3)9-7-16/h6-9,13,17H,4-5,10-12H2,1-3H3,(H,23,27). The smallest absolute Gasteiger partial charge is 0.231 e. The van der Waals surface area contributed by atoms with Gasteiger partial charge in [-0.3, -0.25) is 4.79 Å². The van der Waals surface area contributed by atoms with Gasteiger partial charge in [0.15, 0.2) is 0 Å². The molecule has 0 bridgehead atoms. The monoisotopic (exact) mass is 394 g/mol. The molecule has 4 rings (SSSR count). The third-order valence-corrected chi connectivity index (χ3v) is 5.66. The number of rotatable bonds is 5. The van der Waals surface area contributed by atoms with Crippen molar-refractivity contribution in [3.63, 3.8) is 0 Å². The molecule has 0 saturated carbocycles. The van der Waals surface area contributed by atoms with Crippen LogP contribution in [0.1, 0.15) is 29.7 Å². The maximum absolute atomic E-state index is 12.8. The Balaban J connectivity index is 1.45. The number of aromatic nitrogens is 2. The van der Waals surface area contributed by atoms with E-state index in [1.165, 1.54) is 6.33 Å². The van der Waals surface area contributed by atoms with Gasteiger partial charge in [0.25, 0.3) is 0 Å². The Morgan fingerprint density at radius 1 is 1.28 bits per heavy atom. The molecule has 3 aromatic rings. The highest BCUT2D eigenvalue weighted by Crippen LogP contribution is 2.32. The number of aryl methyl sites for hydroxylation is 2. The van der Waals surface area contributed by atoms with Gasteiger partial charge >= 0.3 is 0 Å². The van der Waals surface area contributed by atoms with Crippen LogP contribution < -0.4 is 15.0 Å². The number of carbonyl (C=O) groups excluding carboxylic acids is 1. The zero-order valence-corrected chi connectivity index (χ0v) is 17.1. The van der Waals surface area contributed by atoms with Crippen LogP contribution in [-0.2, 0) is 11.3 Å². The van der Waals surface area contributed by atoms with Crippen LogP contribution in [-0.4, -0.2) is 36.1 Å². The molecule has 1 N–H and O–H groups in total. The first-order chi connectivity index (χ1) is 14.1. The molecule has 7 heteroatoms. The highest BCUT2D eigenvalue weighted by Gasteiger charge is 2.28. The molecule has 3 heterocycles. The summed E-state index contributed by atoms with van der Waals surface area (Å²) in [4.78, 5) is 23.8. The highest BCUT2D eigenvalue weighted by atomic mass is 16.5. The number of furan rings is 1. The van der Waals surface area contributed by atoms with E-state index in [2.05, 4.69) is 20.2 Å². The second-order valence-electron chi connectivity index (χ2n) is 7.51. The van der Waals surface area contributed by atoms with Gasteiger partial charge in [-0.15, -0.1) is 0 Å². The van der Waals surface area contributed by atoms with Crippen molar-refractivity contribution in [3.05, 3.63) is 47.5 Å². The number of fused-ring (bicyclic) bond motifs is 1. The van der Waals surface area contributed by atoms with Gasteiger partial charge < -0.3 is 19.4 Å².